The van der Waals surface area contributed by atoms with Gasteiger partial charge in [0.1, 0.15) is 0 Å². The van der Waals surface area contributed by atoms with Gasteiger partial charge in [-0.25, -0.2) is 0 Å². The molecule has 0 saturated heterocycles. The van der Waals surface area contributed by atoms with Crippen LogP contribution < -0.4 is 5.32 Å². The van der Waals surface area contributed by atoms with Crippen molar-refractivity contribution in [2.24, 2.45) is 5.92 Å². The van der Waals surface area contributed by atoms with E-state index in [9.17, 15) is 0 Å². The summed E-state index contributed by atoms with van der Waals surface area (Å²) in [5.41, 5.74) is 0. The number of ether oxygens (including phenoxy) is 4. The fourth-order valence-corrected chi connectivity index (χ4v) is 2.07. The van der Waals surface area contributed by atoms with E-state index in [0.29, 0.717) is 45.7 Å². The first-order valence-electron chi connectivity index (χ1n) is 8.36. The zero-order chi connectivity index (χ0) is 15.2. The third kappa shape index (κ3) is 11.1. The fourth-order valence-electron chi connectivity index (χ4n) is 2.07. The third-order valence-corrected chi connectivity index (χ3v) is 3.62. The molecule has 0 amide bonds. The molecule has 0 radical (unpaired) electrons. The van der Waals surface area contributed by atoms with Gasteiger partial charge >= 0.3 is 0 Å². The van der Waals surface area contributed by atoms with Gasteiger partial charge in [0.2, 0.25) is 0 Å². The van der Waals surface area contributed by atoms with Crippen molar-refractivity contribution in [3.63, 3.8) is 0 Å². The molecule has 0 heterocycles. The maximum absolute atomic E-state index is 5.62. The Labute approximate surface area is 129 Å². The lowest BCUT2D eigenvalue weighted by atomic mass is 10.2. The Morgan fingerprint density at radius 2 is 1.38 bits per heavy atom. The van der Waals surface area contributed by atoms with Crippen molar-refractivity contribution in [2.45, 2.75) is 38.6 Å². The van der Waals surface area contributed by atoms with E-state index in [1.165, 1.54) is 19.3 Å². The Morgan fingerprint density at radius 1 is 0.857 bits per heavy atom. The van der Waals surface area contributed by atoms with E-state index >= 15 is 0 Å². The summed E-state index contributed by atoms with van der Waals surface area (Å²) in [7, 11) is 2.01. The highest BCUT2D eigenvalue weighted by Crippen LogP contribution is 2.32. The van der Waals surface area contributed by atoms with E-state index in [2.05, 4.69) is 12.2 Å². The molecule has 0 aromatic rings. The van der Waals surface area contributed by atoms with Crippen LogP contribution in [0.4, 0.5) is 0 Å². The molecular weight excluding hydrogens is 270 g/mol. The molecule has 1 aliphatic rings. The first-order valence-corrected chi connectivity index (χ1v) is 8.36. The van der Waals surface area contributed by atoms with Crippen LogP contribution in [0.5, 0.6) is 0 Å². The van der Waals surface area contributed by atoms with Crippen molar-refractivity contribution < 1.29 is 18.9 Å². The van der Waals surface area contributed by atoms with Gasteiger partial charge in [0.05, 0.1) is 46.2 Å². The largest absolute Gasteiger partial charge is 0.379 e. The number of likely N-dealkylation sites (N-methyl/N-ethyl adjacent to an activating group) is 1. The Morgan fingerprint density at radius 3 is 1.86 bits per heavy atom. The molecule has 126 valence electrons. The van der Waals surface area contributed by atoms with Gasteiger partial charge in [-0.3, -0.25) is 0 Å². The van der Waals surface area contributed by atoms with Crippen molar-refractivity contribution in [3.8, 4) is 0 Å². The molecule has 5 heteroatoms. The van der Waals surface area contributed by atoms with Gasteiger partial charge in [-0.1, -0.05) is 13.3 Å². The Hall–Kier alpha value is -0.200. The molecule has 21 heavy (non-hydrogen) atoms. The minimum absolute atomic E-state index is 0.515. The van der Waals surface area contributed by atoms with Gasteiger partial charge in [-0.15, -0.1) is 0 Å². The van der Waals surface area contributed by atoms with E-state index in [1.54, 1.807) is 0 Å². The van der Waals surface area contributed by atoms with Gasteiger partial charge < -0.3 is 24.3 Å². The van der Waals surface area contributed by atoms with Crippen LogP contribution in [0, 0.1) is 5.92 Å². The minimum Gasteiger partial charge on any atom is -0.379 e. The average Bonchev–Trinajstić information content (AvgIpc) is 3.32. The quantitative estimate of drug-likeness (QED) is 0.441. The minimum atomic E-state index is 0.515. The summed E-state index contributed by atoms with van der Waals surface area (Å²) in [6, 6.07) is 0.515. The Bertz CT molecular complexity index is 224. The van der Waals surface area contributed by atoms with E-state index in [1.807, 2.05) is 7.05 Å². The zero-order valence-electron chi connectivity index (χ0n) is 13.8. The monoisotopic (exact) mass is 303 g/mol. The molecule has 0 bridgehead atoms. The normalized spacial score (nSPS) is 16.3. The molecule has 1 aliphatic carbocycles. The van der Waals surface area contributed by atoms with Crippen molar-refractivity contribution in [3.05, 3.63) is 0 Å². The number of unbranched alkanes of at least 4 members (excludes halogenated alkanes) is 1. The molecule has 1 fully saturated rings. The SMILES string of the molecule is CCCCOCCOCCOCCOCC(NC)C1CC1. The zero-order valence-corrected chi connectivity index (χ0v) is 13.8. The van der Waals surface area contributed by atoms with Crippen LogP contribution in [0.1, 0.15) is 32.6 Å². The standard InChI is InChI=1S/C16H33NO4/c1-3-4-7-18-8-9-19-10-11-20-12-13-21-14-16(17-2)15-5-6-15/h15-17H,3-14H2,1-2H3. The molecular formula is C16H33NO4. The van der Waals surface area contributed by atoms with Crippen LogP contribution in [0.25, 0.3) is 0 Å². The molecule has 1 saturated carbocycles. The van der Waals surface area contributed by atoms with Gasteiger partial charge in [0, 0.05) is 12.6 Å². The van der Waals surface area contributed by atoms with Crippen LogP contribution in [0.2, 0.25) is 0 Å². The predicted octanol–water partition coefficient (Wildman–Crippen LogP) is 1.85. The number of rotatable bonds is 16. The number of hydrogen-bond donors (Lipinski definition) is 1. The highest BCUT2D eigenvalue weighted by atomic mass is 16.6. The second-order valence-electron chi connectivity index (χ2n) is 5.50. The lowest BCUT2D eigenvalue weighted by Crippen LogP contribution is -2.32. The van der Waals surface area contributed by atoms with Gasteiger partial charge in [0.15, 0.2) is 0 Å². The first-order chi connectivity index (χ1) is 10.4. The maximum Gasteiger partial charge on any atom is 0.0701 e. The second kappa shape index (κ2) is 13.5. The number of hydrogen-bond acceptors (Lipinski definition) is 5. The van der Waals surface area contributed by atoms with Crippen LogP contribution in [-0.2, 0) is 18.9 Å². The molecule has 5 nitrogen and oxygen atoms in total. The van der Waals surface area contributed by atoms with Gasteiger partial charge in [0.25, 0.3) is 0 Å². The lowest BCUT2D eigenvalue weighted by Gasteiger charge is -2.15. The van der Waals surface area contributed by atoms with E-state index in [4.69, 9.17) is 18.9 Å². The summed E-state index contributed by atoms with van der Waals surface area (Å²) in [4.78, 5) is 0. The van der Waals surface area contributed by atoms with E-state index in [-0.39, 0.29) is 0 Å². The van der Waals surface area contributed by atoms with Crippen LogP contribution in [0.3, 0.4) is 0 Å². The summed E-state index contributed by atoms with van der Waals surface area (Å²) in [5, 5.41) is 3.31. The molecule has 0 spiro atoms. The van der Waals surface area contributed by atoms with Crippen LogP contribution in [0.15, 0.2) is 0 Å². The average molecular weight is 303 g/mol. The highest BCUT2D eigenvalue weighted by molar-refractivity contribution is 4.85. The molecule has 1 atom stereocenters. The molecule has 0 aromatic heterocycles. The fraction of sp³-hybridized carbons (Fsp3) is 1.00. The molecule has 1 unspecified atom stereocenters. The number of nitrogens with one attached hydrogen (secondary N) is 1. The summed E-state index contributed by atoms with van der Waals surface area (Å²) < 4.78 is 21.9. The van der Waals surface area contributed by atoms with Gasteiger partial charge in [-0.05, 0) is 32.2 Å². The smallest absolute Gasteiger partial charge is 0.0701 e. The maximum atomic E-state index is 5.62. The third-order valence-electron chi connectivity index (χ3n) is 3.62. The lowest BCUT2D eigenvalue weighted by molar-refractivity contribution is -0.00470. The second-order valence-corrected chi connectivity index (χ2v) is 5.50. The summed E-state index contributed by atoms with van der Waals surface area (Å²) in [6.07, 6.45) is 4.97. The van der Waals surface area contributed by atoms with Crippen LogP contribution >= 0.6 is 0 Å². The Kier molecular flexibility index (Phi) is 12.1. The van der Waals surface area contributed by atoms with E-state index < -0.39 is 0 Å². The van der Waals surface area contributed by atoms with E-state index in [0.717, 1.165) is 25.6 Å². The molecule has 1 N–H and O–H groups in total. The van der Waals surface area contributed by atoms with Gasteiger partial charge in [-0.2, -0.15) is 0 Å². The highest BCUT2D eigenvalue weighted by Gasteiger charge is 2.29. The summed E-state index contributed by atoms with van der Waals surface area (Å²) in [5.74, 6) is 0.823. The molecule has 0 aromatic carbocycles. The summed E-state index contributed by atoms with van der Waals surface area (Å²) in [6.45, 7) is 7.64. The van der Waals surface area contributed by atoms with Crippen molar-refractivity contribution in [1.82, 2.24) is 5.32 Å². The molecule has 1 rings (SSSR count). The topological polar surface area (TPSA) is 49.0 Å². The first kappa shape index (κ1) is 18.8. The van der Waals surface area contributed by atoms with Crippen molar-refractivity contribution in [1.29, 1.82) is 0 Å². The molecule has 0 aliphatic heterocycles. The van der Waals surface area contributed by atoms with Crippen molar-refractivity contribution >= 4 is 0 Å². The van der Waals surface area contributed by atoms with Crippen molar-refractivity contribution in [2.75, 3.05) is 59.9 Å². The van der Waals surface area contributed by atoms with Crippen LogP contribution in [-0.4, -0.2) is 65.9 Å². The predicted molar refractivity (Wildman–Crippen MR) is 83.8 cm³/mol. The Balaban J connectivity index is 1.70. The summed E-state index contributed by atoms with van der Waals surface area (Å²) >= 11 is 0.